The van der Waals surface area contributed by atoms with E-state index in [2.05, 4.69) is 12.3 Å². The zero-order valence-corrected chi connectivity index (χ0v) is 10.5. The molecule has 1 aliphatic carbocycles. The Morgan fingerprint density at radius 3 is 2.81 bits per heavy atom. The first kappa shape index (κ1) is 11.8. The summed E-state index contributed by atoms with van der Waals surface area (Å²) in [6.45, 7) is 0.664. The van der Waals surface area contributed by atoms with E-state index in [1.807, 2.05) is 16.7 Å². The molecule has 0 N–H and O–H groups in total. The molecule has 3 unspecified atom stereocenters. The van der Waals surface area contributed by atoms with E-state index in [-0.39, 0.29) is 11.8 Å². The van der Waals surface area contributed by atoms with Crippen LogP contribution in [-0.4, -0.2) is 34.9 Å². The smallest absolute Gasteiger partial charge is 0.224 e. The number of amides is 1. The van der Waals surface area contributed by atoms with Crippen LogP contribution in [-0.2, 0) is 4.79 Å². The number of carbonyl (C=O) groups excluding carboxylic acids is 1. The predicted molar refractivity (Wildman–Crippen MR) is 65.0 cm³/mol. The van der Waals surface area contributed by atoms with Gasteiger partial charge in [-0.1, -0.05) is 12.8 Å². The summed E-state index contributed by atoms with van der Waals surface area (Å²) in [5.74, 6) is 0.120. The minimum Gasteiger partial charge on any atom is -0.337 e. The summed E-state index contributed by atoms with van der Waals surface area (Å²) in [5, 5.41) is 9.47. The zero-order chi connectivity index (χ0) is 11.5. The predicted octanol–water partition coefficient (Wildman–Crippen LogP) is 2.03. The molecule has 2 rings (SSSR count). The maximum absolute atomic E-state index is 11.9. The molecule has 0 aromatic heterocycles. The average molecular weight is 238 g/mol. The Labute approximate surface area is 101 Å². The van der Waals surface area contributed by atoms with E-state index < -0.39 is 0 Å². The number of nitrogens with zero attached hydrogens (tertiary/aromatic N) is 2. The van der Waals surface area contributed by atoms with Gasteiger partial charge in [-0.05, 0) is 19.1 Å². The number of hydrogen-bond donors (Lipinski definition) is 0. The Kier molecular flexibility index (Phi) is 3.75. The second-order valence-corrected chi connectivity index (χ2v) is 5.78. The Bertz CT molecular complexity index is 313. The van der Waals surface area contributed by atoms with Crippen LogP contribution in [0, 0.1) is 17.2 Å². The van der Waals surface area contributed by atoms with Gasteiger partial charge in [0.1, 0.15) is 0 Å². The van der Waals surface area contributed by atoms with Crippen molar-refractivity contribution in [3.63, 3.8) is 0 Å². The standard InChI is InChI=1S/C12H18N2OS/c1-16-11-5-3-2-4-10(11)14-8-9(7-13)6-12(14)15/h9-11H,2-6,8H2,1H3. The fraction of sp³-hybridized carbons (Fsp3) is 0.833. The summed E-state index contributed by atoms with van der Waals surface area (Å²) in [6.07, 6.45) is 7.41. The van der Waals surface area contributed by atoms with Gasteiger partial charge >= 0.3 is 0 Å². The zero-order valence-electron chi connectivity index (χ0n) is 9.69. The molecule has 3 nitrogen and oxygen atoms in total. The quantitative estimate of drug-likeness (QED) is 0.739. The first-order valence-corrected chi connectivity index (χ1v) is 7.27. The summed E-state index contributed by atoms with van der Waals surface area (Å²) in [6, 6.07) is 2.61. The van der Waals surface area contributed by atoms with Gasteiger partial charge in [-0.3, -0.25) is 4.79 Å². The molecule has 0 aromatic rings. The van der Waals surface area contributed by atoms with Crippen LogP contribution in [0.5, 0.6) is 0 Å². The molecule has 1 saturated heterocycles. The Morgan fingerprint density at radius 2 is 2.19 bits per heavy atom. The third-order valence-electron chi connectivity index (χ3n) is 3.71. The van der Waals surface area contributed by atoms with Crippen LogP contribution in [0.1, 0.15) is 32.1 Å². The lowest BCUT2D eigenvalue weighted by molar-refractivity contribution is -0.130. The summed E-state index contributed by atoms with van der Waals surface area (Å²) in [5.41, 5.74) is 0. The van der Waals surface area contributed by atoms with Crippen molar-refractivity contribution in [2.24, 2.45) is 5.92 Å². The van der Waals surface area contributed by atoms with Crippen molar-refractivity contribution in [2.45, 2.75) is 43.4 Å². The van der Waals surface area contributed by atoms with Crippen LogP contribution in [0.3, 0.4) is 0 Å². The highest BCUT2D eigenvalue weighted by Gasteiger charge is 2.38. The van der Waals surface area contributed by atoms with Gasteiger partial charge in [0, 0.05) is 24.3 Å². The van der Waals surface area contributed by atoms with Crippen LogP contribution in [0.25, 0.3) is 0 Å². The van der Waals surface area contributed by atoms with Crippen LogP contribution >= 0.6 is 11.8 Å². The molecular formula is C12H18N2OS. The van der Waals surface area contributed by atoms with Gasteiger partial charge in [0.15, 0.2) is 0 Å². The maximum Gasteiger partial charge on any atom is 0.224 e. The maximum atomic E-state index is 11.9. The molecule has 2 fully saturated rings. The summed E-state index contributed by atoms with van der Waals surface area (Å²) >= 11 is 1.87. The monoisotopic (exact) mass is 238 g/mol. The largest absolute Gasteiger partial charge is 0.337 e. The Balaban J connectivity index is 2.05. The molecule has 0 bridgehead atoms. The van der Waals surface area contributed by atoms with Crippen LogP contribution in [0.2, 0.25) is 0 Å². The highest BCUT2D eigenvalue weighted by atomic mass is 32.2. The number of hydrogen-bond acceptors (Lipinski definition) is 3. The molecule has 1 saturated carbocycles. The normalized spacial score (nSPS) is 35.1. The topological polar surface area (TPSA) is 44.1 Å². The van der Waals surface area contributed by atoms with Crippen LogP contribution < -0.4 is 0 Å². The van der Waals surface area contributed by atoms with Crippen LogP contribution in [0.4, 0.5) is 0 Å². The third-order valence-corrected chi connectivity index (χ3v) is 4.87. The molecule has 2 aliphatic rings. The molecule has 4 heteroatoms. The molecular weight excluding hydrogens is 220 g/mol. The lowest BCUT2D eigenvalue weighted by Gasteiger charge is -2.37. The first-order chi connectivity index (χ1) is 7.76. The van der Waals surface area contributed by atoms with E-state index in [0.717, 1.165) is 6.42 Å². The Morgan fingerprint density at radius 1 is 1.44 bits per heavy atom. The molecule has 88 valence electrons. The van der Waals surface area contributed by atoms with Crippen molar-refractivity contribution in [3.05, 3.63) is 0 Å². The van der Waals surface area contributed by atoms with Gasteiger partial charge < -0.3 is 4.90 Å². The van der Waals surface area contributed by atoms with Crippen molar-refractivity contribution >= 4 is 17.7 Å². The summed E-state index contributed by atoms with van der Waals surface area (Å²) in [7, 11) is 0. The van der Waals surface area contributed by atoms with E-state index in [1.165, 1.54) is 19.3 Å². The van der Waals surface area contributed by atoms with E-state index >= 15 is 0 Å². The molecule has 0 radical (unpaired) electrons. The molecule has 16 heavy (non-hydrogen) atoms. The number of thioether (sulfide) groups is 1. The summed E-state index contributed by atoms with van der Waals surface area (Å²) in [4.78, 5) is 13.9. The lowest BCUT2D eigenvalue weighted by atomic mass is 9.93. The molecule has 1 amide bonds. The number of likely N-dealkylation sites (tertiary alicyclic amines) is 1. The van der Waals surface area contributed by atoms with Gasteiger partial charge in [-0.2, -0.15) is 17.0 Å². The third kappa shape index (κ3) is 2.20. The molecule has 3 atom stereocenters. The second kappa shape index (κ2) is 5.09. The molecule has 0 aromatic carbocycles. The molecule has 0 spiro atoms. The van der Waals surface area contributed by atoms with Gasteiger partial charge in [-0.15, -0.1) is 0 Å². The average Bonchev–Trinajstić information content (AvgIpc) is 2.70. The van der Waals surface area contributed by atoms with Gasteiger partial charge in [0.25, 0.3) is 0 Å². The first-order valence-electron chi connectivity index (χ1n) is 5.98. The SMILES string of the molecule is CSC1CCCCC1N1CC(C#N)CC1=O. The summed E-state index contributed by atoms with van der Waals surface area (Å²) < 4.78 is 0. The van der Waals surface area contributed by atoms with Gasteiger partial charge in [0.05, 0.1) is 12.0 Å². The minimum atomic E-state index is -0.0723. The fourth-order valence-electron chi connectivity index (χ4n) is 2.85. The highest BCUT2D eigenvalue weighted by molar-refractivity contribution is 7.99. The van der Waals surface area contributed by atoms with Gasteiger partial charge in [-0.25, -0.2) is 0 Å². The van der Waals surface area contributed by atoms with E-state index in [4.69, 9.17) is 5.26 Å². The van der Waals surface area contributed by atoms with Crippen molar-refractivity contribution in [1.29, 1.82) is 5.26 Å². The van der Waals surface area contributed by atoms with Gasteiger partial charge in [0.2, 0.25) is 5.91 Å². The number of carbonyl (C=O) groups is 1. The fourth-order valence-corrected chi connectivity index (χ4v) is 3.85. The Hall–Kier alpha value is -0.690. The lowest BCUT2D eigenvalue weighted by Crippen LogP contribution is -2.44. The van der Waals surface area contributed by atoms with Crippen molar-refractivity contribution < 1.29 is 4.79 Å². The second-order valence-electron chi connectivity index (χ2n) is 4.70. The number of nitriles is 1. The molecule has 1 heterocycles. The van der Waals surface area contributed by atoms with E-state index in [0.29, 0.717) is 24.3 Å². The minimum absolute atomic E-state index is 0.0723. The van der Waals surface area contributed by atoms with Crippen molar-refractivity contribution in [1.82, 2.24) is 4.90 Å². The van der Waals surface area contributed by atoms with E-state index in [1.54, 1.807) is 0 Å². The van der Waals surface area contributed by atoms with Crippen molar-refractivity contribution in [3.8, 4) is 6.07 Å². The van der Waals surface area contributed by atoms with Crippen molar-refractivity contribution in [2.75, 3.05) is 12.8 Å². The van der Waals surface area contributed by atoms with E-state index in [9.17, 15) is 4.79 Å². The number of rotatable bonds is 2. The van der Waals surface area contributed by atoms with Crippen LogP contribution in [0.15, 0.2) is 0 Å². The molecule has 1 aliphatic heterocycles. The highest BCUT2D eigenvalue weighted by Crippen LogP contribution is 2.33.